The minimum atomic E-state index is 0.375. The van der Waals surface area contributed by atoms with E-state index in [1.54, 1.807) is 6.92 Å². The van der Waals surface area contributed by atoms with Gasteiger partial charge in [0.1, 0.15) is 0 Å². The molecule has 0 amide bonds. The van der Waals surface area contributed by atoms with Crippen molar-refractivity contribution in [2.24, 2.45) is 0 Å². The maximum absolute atomic E-state index is 7.38. The third-order valence-corrected chi connectivity index (χ3v) is 1.07. The second-order valence-electron chi connectivity index (χ2n) is 2.07. The van der Waals surface area contributed by atoms with Gasteiger partial charge in [-0.25, -0.2) is 4.89 Å². The third-order valence-electron chi connectivity index (χ3n) is 1.07. The maximum atomic E-state index is 7.38. The molecule has 0 aliphatic heterocycles. The van der Waals surface area contributed by atoms with Gasteiger partial charge in [-0.1, -0.05) is 35.9 Å². The van der Waals surface area contributed by atoms with E-state index in [2.05, 4.69) is 23.9 Å². The molecule has 0 aliphatic rings. The number of benzene rings is 1. The third kappa shape index (κ3) is 7.03. The molecule has 0 saturated heterocycles. The zero-order chi connectivity index (χ0) is 8.53. The zero-order valence-electron chi connectivity index (χ0n) is 6.95. The summed E-state index contributed by atoms with van der Waals surface area (Å²) in [7, 11) is 0. The lowest BCUT2D eigenvalue weighted by molar-refractivity contribution is -0.237. The van der Waals surface area contributed by atoms with Gasteiger partial charge < -0.3 is 0 Å². The van der Waals surface area contributed by atoms with E-state index >= 15 is 0 Å². The molecule has 0 aliphatic carbocycles. The van der Waals surface area contributed by atoms with Crippen LogP contribution in [0.3, 0.4) is 0 Å². The summed E-state index contributed by atoms with van der Waals surface area (Å²) in [5, 5.41) is 7.38. The van der Waals surface area contributed by atoms with Crippen LogP contribution in [0.2, 0.25) is 0 Å². The zero-order valence-corrected chi connectivity index (χ0v) is 6.95. The first kappa shape index (κ1) is 10.1. The van der Waals surface area contributed by atoms with Crippen molar-refractivity contribution in [1.82, 2.24) is 0 Å². The van der Waals surface area contributed by atoms with Crippen LogP contribution in [0.1, 0.15) is 12.5 Å². The molecule has 0 saturated carbocycles. The van der Waals surface area contributed by atoms with E-state index in [1.165, 1.54) is 5.56 Å². The molecular formula is C9H14O2. The van der Waals surface area contributed by atoms with E-state index in [0.717, 1.165) is 0 Å². The van der Waals surface area contributed by atoms with Crippen molar-refractivity contribution in [1.29, 1.82) is 0 Å². The SMILES string of the molecule is CCOO.Cc1ccccc1. The van der Waals surface area contributed by atoms with E-state index < -0.39 is 0 Å². The summed E-state index contributed by atoms with van der Waals surface area (Å²) in [5.74, 6) is 0. The summed E-state index contributed by atoms with van der Waals surface area (Å²) >= 11 is 0. The lowest BCUT2D eigenvalue weighted by atomic mass is 10.2. The molecule has 0 fully saturated rings. The normalized spacial score (nSPS) is 8.27. The molecule has 1 aromatic carbocycles. The second-order valence-corrected chi connectivity index (χ2v) is 2.07. The first-order chi connectivity index (χ1) is 5.31. The molecule has 0 spiro atoms. The summed E-state index contributed by atoms with van der Waals surface area (Å²) in [6, 6.07) is 10.3. The van der Waals surface area contributed by atoms with Gasteiger partial charge in [-0.2, -0.15) is 0 Å². The van der Waals surface area contributed by atoms with Gasteiger partial charge in [0.05, 0.1) is 6.61 Å². The first-order valence-electron chi connectivity index (χ1n) is 3.59. The summed E-state index contributed by atoms with van der Waals surface area (Å²) in [6.45, 7) is 4.17. The minimum Gasteiger partial charge on any atom is -0.252 e. The van der Waals surface area contributed by atoms with E-state index in [9.17, 15) is 0 Å². The Morgan fingerprint density at radius 1 is 1.27 bits per heavy atom. The molecule has 1 aromatic rings. The summed E-state index contributed by atoms with van der Waals surface area (Å²) in [6.07, 6.45) is 0. The van der Waals surface area contributed by atoms with Crippen LogP contribution in [0.5, 0.6) is 0 Å². The Kier molecular flexibility index (Phi) is 6.68. The monoisotopic (exact) mass is 154 g/mol. The Balaban J connectivity index is 0.000000218. The van der Waals surface area contributed by atoms with Crippen molar-refractivity contribution in [3.63, 3.8) is 0 Å². The van der Waals surface area contributed by atoms with E-state index in [0.29, 0.717) is 6.61 Å². The van der Waals surface area contributed by atoms with Crippen molar-refractivity contribution in [2.45, 2.75) is 13.8 Å². The highest BCUT2D eigenvalue weighted by Gasteiger charge is 1.72. The average molecular weight is 154 g/mol. The van der Waals surface area contributed by atoms with E-state index in [-0.39, 0.29) is 0 Å². The predicted octanol–water partition coefficient (Wildman–Crippen LogP) is 2.49. The van der Waals surface area contributed by atoms with Crippen molar-refractivity contribution in [2.75, 3.05) is 6.61 Å². The Morgan fingerprint density at radius 3 is 1.91 bits per heavy atom. The maximum Gasteiger partial charge on any atom is 0.0791 e. The molecule has 0 aromatic heterocycles. The van der Waals surface area contributed by atoms with Crippen molar-refractivity contribution in [3.8, 4) is 0 Å². The fourth-order valence-corrected chi connectivity index (χ4v) is 0.534. The van der Waals surface area contributed by atoms with Crippen molar-refractivity contribution in [3.05, 3.63) is 35.9 Å². The highest BCUT2D eigenvalue weighted by Crippen LogP contribution is 1.92. The smallest absolute Gasteiger partial charge is 0.0791 e. The number of aryl methyl sites for hydroxylation is 1. The Bertz CT molecular complexity index is 158. The largest absolute Gasteiger partial charge is 0.252 e. The molecule has 0 atom stereocenters. The van der Waals surface area contributed by atoms with Gasteiger partial charge in [0.15, 0.2) is 0 Å². The summed E-state index contributed by atoms with van der Waals surface area (Å²) in [5.41, 5.74) is 1.32. The molecule has 2 heteroatoms. The fraction of sp³-hybridized carbons (Fsp3) is 0.333. The fourth-order valence-electron chi connectivity index (χ4n) is 0.534. The van der Waals surface area contributed by atoms with E-state index in [4.69, 9.17) is 5.26 Å². The Labute approximate surface area is 67.4 Å². The quantitative estimate of drug-likeness (QED) is 0.497. The number of hydrogen-bond donors (Lipinski definition) is 1. The van der Waals surface area contributed by atoms with Crippen LogP contribution in [0.15, 0.2) is 30.3 Å². The molecule has 0 heterocycles. The number of hydrogen-bond acceptors (Lipinski definition) is 2. The van der Waals surface area contributed by atoms with Gasteiger partial charge in [-0.15, -0.1) is 0 Å². The molecule has 1 N–H and O–H groups in total. The van der Waals surface area contributed by atoms with E-state index in [1.807, 2.05) is 18.2 Å². The topological polar surface area (TPSA) is 29.5 Å². The molecule has 62 valence electrons. The molecule has 0 bridgehead atoms. The van der Waals surface area contributed by atoms with Crippen molar-refractivity contribution < 1.29 is 10.1 Å². The summed E-state index contributed by atoms with van der Waals surface area (Å²) < 4.78 is 0. The standard InChI is InChI=1S/C7H8.C2H6O2/c1-7-5-3-2-4-6-7;1-2-4-3/h2-6H,1H3;3H,2H2,1H3. The Hall–Kier alpha value is -0.860. The van der Waals surface area contributed by atoms with Gasteiger partial charge in [0.25, 0.3) is 0 Å². The van der Waals surface area contributed by atoms with Gasteiger partial charge in [-0.3, -0.25) is 5.26 Å². The highest BCUT2D eigenvalue weighted by molar-refractivity contribution is 5.11. The molecule has 2 nitrogen and oxygen atoms in total. The molecule has 1 rings (SSSR count). The van der Waals surface area contributed by atoms with Gasteiger partial charge in [0, 0.05) is 0 Å². The van der Waals surface area contributed by atoms with Crippen LogP contribution in [-0.4, -0.2) is 11.9 Å². The molecular weight excluding hydrogens is 140 g/mol. The highest BCUT2D eigenvalue weighted by atomic mass is 17.1. The second kappa shape index (κ2) is 7.25. The summed E-state index contributed by atoms with van der Waals surface area (Å²) in [4.78, 5) is 3.54. The van der Waals surface area contributed by atoms with Crippen LogP contribution < -0.4 is 0 Å². The molecule has 11 heavy (non-hydrogen) atoms. The van der Waals surface area contributed by atoms with Crippen LogP contribution in [-0.2, 0) is 4.89 Å². The lowest BCUT2D eigenvalue weighted by Gasteiger charge is -1.82. The van der Waals surface area contributed by atoms with Gasteiger partial charge in [0.2, 0.25) is 0 Å². The van der Waals surface area contributed by atoms with Crippen LogP contribution in [0.4, 0.5) is 0 Å². The molecule has 0 unspecified atom stereocenters. The first-order valence-corrected chi connectivity index (χ1v) is 3.59. The lowest BCUT2D eigenvalue weighted by Crippen LogP contribution is -1.74. The predicted molar refractivity (Wildman–Crippen MR) is 45.4 cm³/mol. The number of rotatable bonds is 1. The van der Waals surface area contributed by atoms with Gasteiger partial charge in [-0.05, 0) is 13.8 Å². The van der Waals surface area contributed by atoms with Crippen LogP contribution in [0, 0.1) is 6.92 Å². The van der Waals surface area contributed by atoms with Crippen LogP contribution in [0.25, 0.3) is 0 Å². The molecule has 0 radical (unpaired) electrons. The Morgan fingerprint density at radius 2 is 1.73 bits per heavy atom. The minimum absolute atomic E-state index is 0.375. The van der Waals surface area contributed by atoms with Crippen molar-refractivity contribution >= 4 is 0 Å². The average Bonchev–Trinajstić information content (AvgIpc) is 2.07. The van der Waals surface area contributed by atoms with Gasteiger partial charge >= 0.3 is 0 Å². The van der Waals surface area contributed by atoms with Crippen LogP contribution >= 0.6 is 0 Å².